The summed E-state index contributed by atoms with van der Waals surface area (Å²) in [5.41, 5.74) is 3.95. The number of hydrogen-bond donors (Lipinski definition) is 3. The molecule has 0 radical (unpaired) electrons. The van der Waals surface area contributed by atoms with E-state index in [0.717, 1.165) is 51.0 Å². The van der Waals surface area contributed by atoms with Gasteiger partial charge in [0.05, 0.1) is 38.4 Å². The second-order valence-corrected chi connectivity index (χ2v) is 15.4. The molecule has 0 unspecified atom stereocenters. The van der Waals surface area contributed by atoms with Gasteiger partial charge in [-0.25, -0.2) is 0 Å². The highest BCUT2D eigenvalue weighted by Gasteiger charge is 2.41. The number of piperidine rings is 1. The molecule has 4 aliphatic rings. The Labute approximate surface area is 323 Å². The van der Waals surface area contributed by atoms with Gasteiger partial charge in [-0.1, -0.05) is 30.3 Å². The molecule has 296 valence electrons. The lowest BCUT2D eigenvalue weighted by Gasteiger charge is -2.47. The molecule has 3 N–H and O–H groups in total. The van der Waals surface area contributed by atoms with Crippen molar-refractivity contribution in [2.24, 2.45) is 5.92 Å². The van der Waals surface area contributed by atoms with Crippen LogP contribution in [0.1, 0.15) is 59.3 Å². The molecule has 2 saturated heterocycles. The molecule has 2 aromatic carbocycles. The Morgan fingerprint density at radius 2 is 1.91 bits per heavy atom. The summed E-state index contributed by atoms with van der Waals surface area (Å²) < 4.78 is 19.7. The van der Waals surface area contributed by atoms with Crippen LogP contribution in [0, 0.1) is 5.92 Å². The molecular formula is C41H55N7O7. The number of carbonyl (C=O) groups excluding carboxylic acids is 3. The molecule has 1 spiro atoms. The molecule has 1 aromatic heterocycles. The van der Waals surface area contributed by atoms with E-state index >= 15 is 0 Å². The van der Waals surface area contributed by atoms with Crippen molar-refractivity contribution in [1.82, 2.24) is 29.8 Å². The molecule has 3 aliphatic heterocycles. The highest BCUT2D eigenvalue weighted by Crippen LogP contribution is 2.39. The Kier molecular flexibility index (Phi) is 12.7. The van der Waals surface area contributed by atoms with Crippen molar-refractivity contribution in [2.45, 2.75) is 63.6 Å². The Bertz CT molecular complexity index is 1800. The number of benzene rings is 2. The number of nitrogens with one attached hydrogen (secondary N) is 2. The lowest BCUT2D eigenvalue weighted by atomic mass is 9.89. The van der Waals surface area contributed by atoms with Gasteiger partial charge in [0.15, 0.2) is 12.4 Å². The Morgan fingerprint density at radius 3 is 2.75 bits per heavy atom. The number of fused-ring (bicyclic) bond motifs is 1. The van der Waals surface area contributed by atoms with Crippen LogP contribution in [0.2, 0.25) is 0 Å². The average molecular weight is 758 g/mol. The number of likely N-dealkylation sites (tertiary alicyclic amines) is 1. The summed E-state index contributed by atoms with van der Waals surface area (Å²) in [6.07, 6.45) is 8.00. The minimum atomic E-state index is -0.290. The van der Waals surface area contributed by atoms with E-state index in [1.165, 1.54) is 24.0 Å². The van der Waals surface area contributed by atoms with Gasteiger partial charge >= 0.3 is 0 Å². The van der Waals surface area contributed by atoms with Gasteiger partial charge in [-0.3, -0.25) is 24.0 Å². The lowest BCUT2D eigenvalue weighted by molar-refractivity contribution is -0.131. The number of amides is 3. The van der Waals surface area contributed by atoms with E-state index in [2.05, 4.69) is 44.9 Å². The number of rotatable bonds is 17. The SMILES string of the molecule is CN(CCNCCc1ccc(O)c2c1OCC(=O)N2)C(=O)CCOCCc1cccc(CN2CCC3(CC2)CN(C(=O)c2ccn(CC4CC4)n2)CCO3)c1. The van der Waals surface area contributed by atoms with Gasteiger partial charge in [0.2, 0.25) is 5.91 Å². The number of likely N-dealkylation sites (N-methyl/N-ethyl adjacent to an activating group) is 1. The van der Waals surface area contributed by atoms with Crippen molar-refractivity contribution >= 4 is 23.4 Å². The zero-order chi connectivity index (χ0) is 38.2. The van der Waals surface area contributed by atoms with E-state index in [0.29, 0.717) is 88.4 Å². The molecule has 3 aromatic rings. The first-order valence-corrected chi connectivity index (χ1v) is 19.8. The zero-order valence-electron chi connectivity index (χ0n) is 32.0. The number of phenolic OH excluding ortho intramolecular Hbond substituents is 1. The number of aromatic nitrogens is 2. The van der Waals surface area contributed by atoms with Crippen LogP contribution in [0.4, 0.5) is 5.69 Å². The number of anilines is 1. The third-order valence-electron chi connectivity index (χ3n) is 11.1. The van der Waals surface area contributed by atoms with Crippen LogP contribution in [0.15, 0.2) is 48.7 Å². The van der Waals surface area contributed by atoms with Gasteiger partial charge in [-0.15, -0.1) is 0 Å². The van der Waals surface area contributed by atoms with Gasteiger partial charge in [-0.2, -0.15) is 5.10 Å². The molecule has 4 heterocycles. The highest BCUT2D eigenvalue weighted by molar-refractivity contribution is 5.97. The van der Waals surface area contributed by atoms with Crippen LogP contribution in [-0.4, -0.2) is 132 Å². The maximum Gasteiger partial charge on any atom is 0.274 e. The van der Waals surface area contributed by atoms with E-state index in [-0.39, 0.29) is 35.7 Å². The summed E-state index contributed by atoms with van der Waals surface area (Å²) >= 11 is 0. The molecule has 55 heavy (non-hydrogen) atoms. The van der Waals surface area contributed by atoms with Crippen LogP contribution in [0.5, 0.6) is 11.5 Å². The number of hydrogen-bond acceptors (Lipinski definition) is 10. The normalized spacial score (nSPS) is 18.1. The number of aromatic hydroxyl groups is 1. The van der Waals surface area contributed by atoms with E-state index in [1.807, 2.05) is 21.8 Å². The zero-order valence-corrected chi connectivity index (χ0v) is 32.0. The topological polar surface area (TPSA) is 151 Å². The van der Waals surface area contributed by atoms with Crippen LogP contribution in [0.25, 0.3) is 0 Å². The number of phenols is 1. The van der Waals surface area contributed by atoms with Crippen LogP contribution < -0.4 is 15.4 Å². The molecule has 7 rings (SSSR count). The summed E-state index contributed by atoms with van der Waals surface area (Å²) in [6, 6.07) is 13.9. The first-order chi connectivity index (χ1) is 26.7. The first-order valence-electron chi connectivity index (χ1n) is 19.8. The molecular weight excluding hydrogens is 702 g/mol. The maximum absolute atomic E-state index is 13.3. The minimum Gasteiger partial charge on any atom is -0.506 e. The van der Waals surface area contributed by atoms with Crippen molar-refractivity contribution in [1.29, 1.82) is 0 Å². The second kappa shape index (κ2) is 18.0. The van der Waals surface area contributed by atoms with Crippen LogP contribution in [-0.2, 0) is 45.0 Å². The van der Waals surface area contributed by atoms with Gasteiger partial charge in [0.25, 0.3) is 11.8 Å². The summed E-state index contributed by atoms with van der Waals surface area (Å²) in [5.74, 6) is 0.974. The standard InChI is InChI=1S/C41H55N7O7/c1-45(20-16-42-15-9-33-7-8-35(49)38-39(33)54-28-36(50)43-38)37(51)12-23-53-22-11-30-3-2-4-32(25-30)26-46-18-13-41(14-19-46)29-47(21-24-55-41)40(52)34-10-17-48(44-34)27-31-5-6-31/h2-4,7-8,10,17,25,31,42,49H,5-6,9,11-16,18-24,26-29H2,1H3,(H,43,50). The highest BCUT2D eigenvalue weighted by atomic mass is 16.5. The quantitative estimate of drug-likeness (QED) is 0.139. The van der Waals surface area contributed by atoms with Gasteiger partial charge in [0, 0.05) is 59.1 Å². The molecule has 3 fully saturated rings. The van der Waals surface area contributed by atoms with Crippen molar-refractivity contribution in [3.8, 4) is 11.5 Å². The molecule has 1 saturated carbocycles. The molecule has 1 aliphatic carbocycles. The average Bonchev–Trinajstić information content (AvgIpc) is 3.89. The summed E-state index contributed by atoms with van der Waals surface area (Å²) in [5, 5.41) is 20.6. The fraction of sp³-hybridized carbons (Fsp3) is 0.561. The van der Waals surface area contributed by atoms with Gasteiger partial charge in [0.1, 0.15) is 17.1 Å². The molecule has 14 nitrogen and oxygen atoms in total. The van der Waals surface area contributed by atoms with E-state index < -0.39 is 0 Å². The molecule has 3 amide bonds. The van der Waals surface area contributed by atoms with Crippen molar-refractivity contribution < 1.29 is 33.7 Å². The number of nitrogens with zero attached hydrogens (tertiary/aromatic N) is 5. The Hall–Kier alpha value is -4.50. The number of ether oxygens (including phenoxy) is 3. The largest absolute Gasteiger partial charge is 0.506 e. The minimum absolute atomic E-state index is 0.0116. The first kappa shape index (κ1) is 38.8. The van der Waals surface area contributed by atoms with E-state index in [1.54, 1.807) is 24.1 Å². The van der Waals surface area contributed by atoms with Crippen molar-refractivity contribution in [3.05, 3.63) is 71.0 Å². The van der Waals surface area contributed by atoms with Crippen LogP contribution in [0.3, 0.4) is 0 Å². The maximum atomic E-state index is 13.3. The predicted molar refractivity (Wildman–Crippen MR) is 206 cm³/mol. The van der Waals surface area contributed by atoms with Crippen LogP contribution >= 0.6 is 0 Å². The summed E-state index contributed by atoms with van der Waals surface area (Å²) in [6.45, 7) is 8.13. The Balaban J connectivity index is 0.756. The Morgan fingerprint density at radius 1 is 1.07 bits per heavy atom. The molecule has 0 bridgehead atoms. The van der Waals surface area contributed by atoms with E-state index in [9.17, 15) is 19.5 Å². The monoisotopic (exact) mass is 757 g/mol. The molecule has 14 heteroatoms. The summed E-state index contributed by atoms with van der Waals surface area (Å²) in [7, 11) is 1.80. The third-order valence-corrected chi connectivity index (χ3v) is 11.1. The third kappa shape index (κ3) is 10.4. The van der Waals surface area contributed by atoms with E-state index in [4.69, 9.17) is 14.2 Å². The van der Waals surface area contributed by atoms with Crippen molar-refractivity contribution in [2.75, 3.05) is 84.6 Å². The molecule has 0 atom stereocenters. The predicted octanol–water partition coefficient (Wildman–Crippen LogP) is 3.08. The number of carbonyl (C=O) groups is 3. The van der Waals surface area contributed by atoms with Crippen molar-refractivity contribution in [3.63, 3.8) is 0 Å². The fourth-order valence-electron chi connectivity index (χ4n) is 7.66. The fourth-order valence-corrected chi connectivity index (χ4v) is 7.66. The summed E-state index contributed by atoms with van der Waals surface area (Å²) in [4.78, 5) is 43.7. The van der Waals surface area contributed by atoms with Gasteiger partial charge < -0.3 is 39.8 Å². The number of morpholine rings is 1. The second-order valence-electron chi connectivity index (χ2n) is 15.4. The van der Waals surface area contributed by atoms with Gasteiger partial charge in [-0.05, 0) is 79.8 Å². The smallest absolute Gasteiger partial charge is 0.274 e. The lowest BCUT2D eigenvalue weighted by Crippen LogP contribution is -2.58.